The van der Waals surface area contributed by atoms with Gasteiger partial charge >= 0.3 is 14.2 Å². The number of pyridine rings is 2. The highest BCUT2D eigenvalue weighted by atomic mass is 16.4. The second-order valence-corrected chi connectivity index (χ2v) is 7.75. The standard InChI is InChI=1S/C24H22N2.2CH5BO2/c1-3-7-21(8-4-1)19-25-15-11-23(12-16-25)24-13-17-26(18-14-24)20-22-9-5-2-6-10-22;2*1-2(3)4/h1-18H,19-20H2;2*3-4H,1H3/q+2;;. The van der Waals surface area contributed by atoms with E-state index in [2.05, 4.69) is 119 Å². The van der Waals surface area contributed by atoms with Gasteiger partial charge < -0.3 is 20.1 Å². The Morgan fingerprint density at radius 3 is 1.03 bits per heavy atom. The summed E-state index contributed by atoms with van der Waals surface area (Å²) in [4.78, 5) is 0. The zero-order chi connectivity index (χ0) is 24.8. The van der Waals surface area contributed by atoms with Crippen molar-refractivity contribution < 1.29 is 29.2 Å². The SMILES string of the molecule is CB(O)O.CB(O)O.c1ccc(C[n+]2ccc(-c3cc[n+](Cc4ccccc4)cc3)cc2)cc1. The zero-order valence-electron chi connectivity index (χ0n) is 19.6. The van der Waals surface area contributed by atoms with Gasteiger partial charge in [0.25, 0.3) is 0 Å². The largest absolute Gasteiger partial charge is 0.448 e. The summed E-state index contributed by atoms with van der Waals surface area (Å²) >= 11 is 0. The van der Waals surface area contributed by atoms with E-state index in [1.165, 1.54) is 35.9 Å². The van der Waals surface area contributed by atoms with Gasteiger partial charge in [0.2, 0.25) is 0 Å². The first kappa shape index (κ1) is 27.0. The average molecular weight is 458 g/mol. The van der Waals surface area contributed by atoms with Gasteiger partial charge in [0.15, 0.2) is 37.9 Å². The van der Waals surface area contributed by atoms with Gasteiger partial charge in [-0.1, -0.05) is 60.7 Å². The van der Waals surface area contributed by atoms with Crippen molar-refractivity contribution in [3.63, 3.8) is 0 Å². The lowest BCUT2D eigenvalue weighted by molar-refractivity contribution is -0.688. The predicted octanol–water partition coefficient (Wildman–Crippen LogP) is 2.20. The number of benzene rings is 2. The summed E-state index contributed by atoms with van der Waals surface area (Å²) < 4.78 is 4.41. The van der Waals surface area contributed by atoms with Crippen molar-refractivity contribution in [1.82, 2.24) is 0 Å². The molecule has 0 fully saturated rings. The molecule has 4 N–H and O–H groups in total. The van der Waals surface area contributed by atoms with E-state index in [0.29, 0.717) is 0 Å². The number of rotatable bonds is 5. The van der Waals surface area contributed by atoms with Gasteiger partial charge in [0.1, 0.15) is 0 Å². The Kier molecular flexibility index (Phi) is 11.7. The molecule has 0 atom stereocenters. The molecule has 0 aliphatic carbocycles. The van der Waals surface area contributed by atoms with E-state index in [1.807, 2.05) is 0 Å². The first-order chi connectivity index (χ1) is 16.3. The molecule has 4 rings (SSSR count). The van der Waals surface area contributed by atoms with E-state index < -0.39 is 14.2 Å². The Bertz CT molecular complexity index is 969. The smallest absolute Gasteiger partial charge is 0.427 e. The van der Waals surface area contributed by atoms with Crippen LogP contribution in [0, 0.1) is 0 Å². The minimum absolute atomic E-state index is 0.896. The summed E-state index contributed by atoms with van der Waals surface area (Å²) in [7, 11) is -2.33. The van der Waals surface area contributed by atoms with Gasteiger partial charge in [-0.15, -0.1) is 0 Å². The fourth-order valence-corrected chi connectivity index (χ4v) is 3.10. The van der Waals surface area contributed by atoms with Crippen molar-refractivity contribution in [2.45, 2.75) is 26.7 Å². The molecule has 8 heteroatoms. The second kappa shape index (κ2) is 14.8. The van der Waals surface area contributed by atoms with Crippen LogP contribution in [0.1, 0.15) is 11.1 Å². The summed E-state index contributed by atoms with van der Waals surface area (Å²) in [5, 5.41) is 30.4. The van der Waals surface area contributed by atoms with Crippen molar-refractivity contribution >= 4 is 14.2 Å². The van der Waals surface area contributed by atoms with Crippen molar-refractivity contribution in [3.05, 3.63) is 121 Å². The minimum Gasteiger partial charge on any atom is -0.427 e. The highest BCUT2D eigenvalue weighted by molar-refractivity contribution is 6.39. The molecular formula is C26H32B2N2O4+2. The fourth-order valence-electron chi connectivity index (χ4n) is 3.10. The van der Waals surface area contributed by atoms with E-state index in [-0.39, 0.29) is 0 Å². The first-order valence-electron chi connectivity index (χ1n) is 11.1. The summed E-state index contributed by atoms with van der Waals surface area (Å²) in [5.74, 6) is 0. The lowest BCUT2D eigenvalue weighted by Gasteiger charge is -2.02. The number of hydrogen-bond donors (Lipinski definition) is 4. The summed E-state index contributed by atoms with van der Waals surface area (Å²) in [6.45, 7) is 4.35. The monoisotopic (exact) mass is 458 g/mol. The van der Waals surface area contributed by atoms with Gasteiger partial charge in [0.05, 0.1) is 0 Å². The molecule has 0 unspecified atom stereocenters. The van der Waals surface area contributed by atoms with E-state index in [9.17, 15) is 0 Å². The van der Waals surface area contributed by atoms with Gasteiger partial charge in [0, 0.05) is 35.4 Å². The summed E-state index contributed by atoms with van der Waals surface area (Å²) in [6.07, 6.45) is 8.58. The lowest BCUT2D eigenvalue weighted by Crippen LogP contribution is -2.33. The topological polar surface area (TPSA) is 88.7 Å². The highest BCUT2D eigenvalue weighted by Gasteiger charge is 2.07. The Hall–Kier alpha value is -3.29. The third-order valence-electron chi connectivity index (χ3n) is 4.53. The molecule has 6 nitrogen and oxygen atoms in total. The third-order valence-corrected chi connectivity index (χ3v) is 4.53. The van der Waals surface area contributed by atoms with Crippen molar-refractivity contribution in [2.24, 2.45) is 0 Å². The molecule has 2 aromatic carbocycles. The van der Waals surface area contributed by atoms with E-state index in [0.717, 1.165) is 13.1 Å². The Morgan fingerprint density at radius 1 is 0.500 bits per heavy atom. The molecule has 0 spiro atoms. The van der Waals surface area contributed by atoms with Crippen molar-refractivity contribution in [1.29, 1.82) is 0 Å². The van der Waals surface area contributed by atoms with Crippen LogP contribution in [-0.4, -0.2) is 34.3 Å². The lowest BCUT2D eigenvalue weighted by atomic mass is 9.99. The fraction of sp³-hybridized carbons (Fsp3) is 0.154. The number of hydrogen-bond acceptors (Lipinski definition) is 4. The first-order valence-corrected chi connectivity index (χ1v) is 11.1. The quantitative estimate of drug-likeness (QED) is 0.273. The van der Waals surface area contributed by atoms with Crippen LogP contribution < -0.4 is 9.13 Å². The summed E-state index contributed by atoms with van der Waals surface area (Å²) in [6, 6.07) is 29.8. The van der Waals surface area contributed by atoms with Gasteiger partial charge in [-0.2, -0.15) is 0 Å². The van der Waals surface area contributed by atoms with Crippen LogP contribution in [0.5, 0.6) is 0 Å². The molecule has 0 radical (unpaired) electrons. The molecule has 2 heterocycles. The molecule has 0 saturated heterocycles. The Balaban J connectivity index is 0.000000446. The maximum absolute atomic E-state index is 7.61. The van der Waals surface area contributed by atoms with Crippen molar-refractivity contribution in [3.8, 4) is 11.1 Å². The minimum atomic E-state index is -1.17. The van der Waals surface area contributed by atoms with Crippen LogP contribution in [0.2, 0.25) is 13.6 Å². The van der Waals surface area contributed by atoms with E-state index in [1.54, 1.807) is 0 Å². The Morgan fingerprint density at radius 2 is 0.765 bits per heavy atom. The highest BCUT2D eigenvalue weighted by Crippen LogP contribution is 2.15. The maximum Gasteiger partial charge on any atom is 0.448 e. The maximum atomic E-state index is 7.61. The third kappa shape index (κ3) is 11.0. The second-order valence-electron chi connectivity index (χ2n) is 7.75. The van der Waals surface area contributed by atoms with Gasteiger partial charge in [-0.05, 0) is 24.8 Å². The van der Waals surface area contributed by atoms with Crippen molar-refractivity contribution in [2.75, 3.05) is 0 Å². The predicted molar refractivity (Wildman–Crippen MR) is 135 cm³/mol. The molecule has 0 amide bonds. The van der Waals surface area contributed by atoms with Crippen LogP contribution in [0.25, 0.3) is 11.1 Å². The van der Waals surface area contributed by atoms with E-state index in [4.69, 9.17) is 20.1 Å². The number of aromatic nitrogens is 2. The van der Waals surface area contributed by atoms with Gasteiger partial charge in [-0.3, -0.25) is 0 Å². The molecule has 0 aliphatic rings. The molecule has 174 valence electrons. The van der Waals surface area contributed by atoms with Crippen LogP contribution in [0.4, 0.5) is 0 Å². The molecule has 0 saturated carbocycles. The van der Waals surface area contributed by atoms with Crippen LogP contribution in [0.3, 0.4) is 0 Å². The van der Waals surface area contributed by atoms with E-state index >= 15 is 0 Å². The van der Waals surface area contributed by atoms with Crippen LogP contribution in [-0.2, 0) is 13.1 Å². The molecule has 2 aromatic heterocycles. The summed E-state index contributed by atoms with van der Waals surface area (Å²) in [5.41, 5.74) is 5.10. The Labute approximate surface area is 202 Å². The molecule has 4 aromatic rings. The molecule has 0 aliphatic heterocycles. The van der Waals surface area contributed by atoms with Gasteiger partial charge in [-0.25, -0.2) is 9.13 Å². The zero-order valence-corrected chi connectivity index (χ0v) is 19.6. The normalized spacial score (nSPS) is 9.71. The average Bonchev–Trinajstić information content (AvgIpc) is 2.81. The number of nitrogens with zero attached hydrogens (tertiary/aromatic N) is 2. The van der Waals surface area contributed by atoms with Crippen LogP contribution >= 0.6 is 0 Å². The molecule has 0 bridgehead atoms. The molecular weight excluding hydrogens is 426 g/mol. The van der Waals surface area contributed by atoms with Crippen LogP contribution in [0.15, 0.2) is 110 Å². The molecule has 34 heavy (non-hydrogen) atoms.